The molecule has 112 valence electrons. The number of benzene rings is 1. The van der Waals surface area contributed by atoms with Gasteiger partial charge in [-0.15, -0.1) is 5.10 Å². The zero-order valence-corrected chi connectivity index (χ0v) is 13.2. The Morgan fingerprint density at radius 1 is 1.52 bits per heavy atom. The molecule has 21 heavy (non-hydrogen) atoms. The Labute approximate surface area is 131 Å². The molecule has 7 nitrogen and oxygen atoms in total. The normalized spacial score (nSPS) is 10.9. The average molecular weight is 353 g/mol. The van der Waals surface area contributed by atoms with Crippen molar-refractivity contribution in [1.82, 2.24) is 25.3 Å². The van der Waals surface area contributed by atoms with Crippen LogP contribution in [0.3, 0.4) is 0 Å². The van der Waals surface area contributed by atoms with E-state index in [1.165, 1.54) is 5.56 Å². The molecular weight excluding hydrogens is 336 g/mol. The number of carbonyl (C=O) groups excluding carboxylic acids is 1. The lowest BCUT2D eigenvalue weighted by Gasteiger charge is -2.16. The van der Waals surface area contributed by atoms with Crippen molar-refractivity contribution >= 4 is 21.8 Å². The summed E-state index contributed by atoms with van der Waals surface area (Å²) in [5.74, 6) is 4.60. The lowest BCUT2D eigenvalue weighted by atomic mass is 10.2. The molecule has 0 bridgehead atoms. The quantitative estimate of drug-likeness (QED) is 0.455. The number of hydrazine groups is 1. The van der Waals surface area contributed by atoms with Crippen LogP contribution in [0.2, 0.25) is 0 Å². The molecular formula is C13H17BrN6O. The first-order chi connectivity index (χ1) is 10.1. The second-order valence-electron chi connectivity index (χ2n) is 4.71. The van der Waals surface area contributed by atoms with Gasteiger partial charge < -0.3 is 4.90 Å². The van der Waals surface area contributed by atoms with Crippen LogP contribution in [0, 0.1) is 0 Å². The SMILES string of the molecule is CN(CCn1cc(C(=O)NN)nn1)Cc1cccc(Br)c1. The number of nitrogens with zero attached hydrogens (tertiary/aromatic N) is 4. The van der Waals surface area contributed by atoms with Crippen molar-refractivity contribution < 1.29 is 4.79 Å². The van der Waals surface area contributed by atoms with Gasteiger partial charge in [-0.25, -0.2) is 5.84 Å². The van der Waals surface area contributed by atoms with E-state index in [1.54, 1.807) is 10.9 Å². The van der Waals surface area contributed by atoms with Gasteiger partial charge in [-0.1, -0.05) is 33.3 Å². The number of rotatable bonds is 6. The van der Waals surface area contributed by atoms with E-state index in [2.05, 4.69) is 43.3 Å². The Morgan fingerprint density at radius 2 is 2.33 bits per heavy atom. The third kappa shape index (κ3) is 4.62. The summed E-state index contributed by atoms with van der Waals surface area (Å²) in [6.45, 7) is 2.28. The van der Waals surface area contributed by atoms with E-state index < -0.39 is 5.91 Å². The van der Waals surface area contributed by atoms with Crippen molar-refractivity contribution in [2.24, 2.45) is 5.84 Å². The first-order valence-corrected chi connectivity index (χ1v) is 7.22. The summed E-state index contributed by atoms with van der Waals surface area (Å²) in [6.07, 6.45) is 1.58. The van der Waals surface area contributed by atoms with Crippen molar-refractivity contribution in [3.05, 3.63) is 46.2 Å². The van der Waals surface area contributed by atoms with Crippen LogP contribution in [-0.2, 0) is 13.1 Å². The molecule has 1 amide bonds. The van der Waals surface area contributed by atoms with E-state index in [9.17, 15) is 4.79 Å². The summed E-state index contributed by atoms with van der Waals surface area (Å²) in [4.78, 5) is 13.4. The summed E-state index contributed by atoms with van der Waals surface area (Å²) in [7, 11) is 2.03. The Kier molecular flexibility index (Phi) is 5.43. The predicted octanol–water partition coefficient (Wildman–Crippen LogP) is 0.776. The minimum Gasteiger partial charge on any atom is -0.300 e. The molecule has 1 heterocycles. The molecule has 2 aromatic rings. The molecule has 2 rings (SSSR count). The monoisotopic (exact) mass is 352 g/mol. The smallest absolute Gasteiger partial charge is 0.287 e. The molecule has 0 saturated heterocycles. The number of halogens is 1. The molecule has 0 fully saturated rings. The third-order valence-electron chi connectivity index (χ3n) is 2.95. The largest absolute Gasteiger partial charge is 0.300 e. The molecule has 0 aliphatic heterocycles. The highest BCUT2D eigenvalue weighted by atomic mass is 79.9. The van der Waals surface area contributed by atoms with Crippen molar-refractivity contribution in [3.63, 3.8) is 0 Å². The van der Waals surface area contributed by atoms with Crippen molar-refractivity contribution in [1.29, 1.82) is 0 Å². The molecule has 3 N–H and O–H groups in total. The molecule has 0 unspecified atom stereocenters. The Morgan fingerprint density at radius 3 is 3.05 bits per heavy atom. The molecule has 1 aromatic heterocycles. The van der Waals surface area contributed by atoms with Crippen LogP contribution in [-0.4, -0.2) is 39.4 Å². The minimum absolute atomic E-state index is 0.215. The zero-order chi connectivity index (χ0) is 15.2. The van der Waals surface area contributed by atoms with Gasteiger partial charge in [-0.2, -0.15) is 0 Å². The summed E-state index contributed by atoms with van der Waals surface area (Å²) in [5, 5.41) is 7.65. The van der Waals surface area contributed by atoms with E-state index in [1.807, 2.05) is 24.6 Å². The molecule has 0 saturated carbocycles. The first-order valence-electron chi connectivity index (χ1n) is 6.42. The maximum absolute atomic E-state index is 11.3. The standard InChI is InChI=1S/C13H17BrN6O/c1-19(8-10-3-2-4-11(14)7-10)5-6-20-9-12(17-18-20)13(21)16-15/h2-4,7,9H,5-6,8,15H2,1H3,(H,16,21). The maximum Gasteiger partial charge on any atom is 0.287 e. The van der Waals surface area contributed by atoms with Crippen LogP contribution in [0.5, 0.6) is 0 Å². The Bertz CT molecular complexity index is 614. The highest BCUT2D eigenvalue weighted by molar-refractivity contribution is 9.10. The van der Waals surface area contributed by atoms with Crippen molar-refractivity contribution in [2.45, 2.75) is 13.1 Å². The van der Waals surface area contributed by atoms with Crippen molar-refractivity contribution in [3.8, 4) is 0 Å². The molecule has 0 aliphatic rings. The van der Waals surface area contributed by atoms with Gasteiger partial charge in [0, 0.05) is 17.6 Å². The summed E-state index contributed by atoms with van der Waals surface area (Å²) in [6, 6.07) is 8.20. The van der Waals surface area contributed by atoms with E-state index in [0.29, 0.717) is 6.54 Å². The number of likely N-dealkylation sites (N-methyl/N-ethyl adjacent to an activating group) is 1. The van der Waals surface area contributed by atoms with Crippen LogP contribution in [0.25, 0.3) is 0 Å². The molecule has 0 radical (unpaired) electrons. The number of nitrogen functional groups attached to an aromatic ring is 1. The fraction of sp³-hybridized carbons (Fsp3) is 0.308. The Balaban J connectivity index is 1.85. The lowest BCUT2D eigenvalue weighted by molar-refractivity contribution is 0.0948. The molecule has 8 heteroatoms. The number of amides is 1. The first kappa shape index (κ1) is 15.6. The fourth-order valence-corrected chi connectivity index (χ4v) is 2.33. The fourth-order valence-electron chi connectivity index (χ4n) is 1.88. The predicted molar refractivity (Wildman–Crippen MR) is 82.2 cm³/mol. The molecule has 0 atom stereocenters. The highest BCUT2D eigenvalue weighted by Gasteiger charge is 2.09. The summed E-state index contributed by atoms with van der Waals surface area (Å²) in [5.41, 5.74) is 3.47. The second kappa shape index (κ2) is 7.30. The van der Waals surface area contributed by atoms with Gasteiger partial charge in [0.25, 0.3) is 5.91 Å². The van der Waals surface area contributed by atoms with Crippen LogP contribution < -0.4 is 11.3 Å². The molecule has 1 aromatic carbocycles. The van der Waals surface area contributed by atoms with Gasteiger partial charge >= 0.3 is 0 Å². The highest BCUT2D eigenvalue weighted by Crippen LogP contribution is 2.12. The van der Waals surface area contributed by atoms with E-state index >= 15 is 0 Å². The van der Waals surface area contributed by atoms with Gasteiger partial charge in [-0.05, 0) is 24.7 Å². The Hall–Kier alpha value is -1.77. The van der Waals surface area contributed by atoms with Crippen LogP contribution in [0.4, 0.5) is 0 Å². The number of nitrogens with two attached hydrogens (primary N) is 1. The van der Waals surface area contributed by atoms with E-state index in [4.69, 9.17) is 5.84 Å². The second-order valence-corrected chi connectivity index (χ2v) is 5.62. The summed E-state index contributed by atoms with van der Waals surface area (Å²) >= 11 is 3.46. The number of hydrogen-bond acceptors (Lipinski definition) is 5. The van der Waals surface area contributed by atoms with Gasteiger partial charge in [0.2, 0.25) is 0 Å². The zero-order valence-electron chi connectivity index (χ0n) is 11.7. The molecule has 0 spiro atoms. The lowest BCUT2D eigenvalue weighted by Crippen LogP contribution is -2.30. The van der Waals surface area contributed by atoms with Gasteiger partial charge in [-0.3, -0.25) is 14.9 Å². The number of carbonyl (C=O) groups is 1. The number of aromatic nitrogens is 3. The third-order valence-corrected chi connectivity index (χ3v) is 3.45. The van der Waals surface area contributed by atoms with Gasteiger partial charge in [0.15, 0.2) is 5.69 Å². The molecule has 0 aliphatic carbocycles. The number of hydrogen-bond donors (Lipinski definition) is 2. The van der Waals surface area contributed by atoms with Crippen LogP contribution in [0.1, 0.15) is 16.1 Å². The van der Waals surface area contributed by atoms with E-state index in [0.717, 1.165) is 17.6 Å². The van der Waals surface area contributed by atoms with Crippen LogP contribution in [0.15, 0.2) is 34.9 Å². The number of nitrogens with one attached hydrogen (secondary N) is 1. The van der Waals surface area contributed by atoms with E-state index in [-0.39, 0.29) is 5.69 Å². The minimum atomic E-state index is -0.441. The maximum atomic E-state index is 11.3. The van der Waals surface area contributed by atoms with Crippen LogP contribution >= 0.6 is 15.9 Å². The van der Waals surface area contributed by atoms with Gasteiger partial charge in [0.05, 0.1) is 12.7 Å². The van der Waals surface area contributed by atoms with Crippen molar-refractivity contribution in [2.75, 3.05) is 13.6 Å². The topological polar surface area (TPSA) is 89.1 Å². The summed E-state index contributed by atoms with van der Waals surface area (Å²) < 4.78 is 2.70. The average Bonchev–Trinajstić information content (AvgIpc) is 2.93. The van der Waals surface area contributed by atoms with Gasteiger partial charge in [0.1, 0.15) is 0 Å².